The molecule has 0 aliphatic heterocycles. The number of rotatable bonds is 5. The summed E-state index contributed by atoms with van der Waals surface area (Å²) in [7, 11) is 0. The van der Waals surface area contributed by atoms with E-state index in [0.29, 0.717) is 6.42 Å². The molecule has 0 amide bonds. The number of hydrogen-bond acceptors (Lipinski definition) is 1. The molecule has 0 saturated carbocycles. The highest BCUT2D eigenvalue weighted by atomic mass is 19.1. The Morgan fingerprint density at radius 2 is 1.75 bits per heavy atom. The fraction of sp³-hybridized carbons (Fsp3) is 0.333. The second-order valence-corrected chi connectivity index (χ2v) is 5.67. The Kier molecular flexibility index (Phi) is 4.56. The maximum absolute atomic E-state index is 13.2. The smallest absolute Gasteiger partial charge is 0.123 e. The van der Waals surface area contributed by atoms with Gasteiger partial charge in [-0.2, -0.15) is 0 Å². The van der Waals surface area contributed by atoms with Gasteiger partial charge in [0.05, 0.1) is 0 Å². The van der Waals surface area contributed by atoms with Gasteiger partial charge in [-0.1, -0.05) is 49.7 Å². The van der Waals surface area contributed by atoms with E-state index in [4.69, 9.17) is 5.73 Å². The van der Waals surface area contributed by atoms with Gasteiger partial charge in [0.25, 0.3) is 0 Å². The molecule has 0 saturated heterocycles. The lowest BCUT2D eigenvalue weighted by Crippen LogP contribution is -2.35. The van der Waals surface area contributed by atoms with Crippen LogP contribution in [0.4, 0.5) is 4.39 Å². The highest BCUT2D eigenvalue weighted by Gasteiger charge is 2.21. The monoisotopic (exact) mass is 271 g/mol. The molecule has 2 aromatic carbocycles. The molecular formula is C18H22FN. The molecule has 0 aliphatic carbocycles. The van der Waals surface area contributed by atoms with E-state index in [0.717, 1.165) is 24.0 Å². The highest BCUT2D eigenvalue weighted by molar-refractivity contribution is 5.30. The standard InChI is InChI=1S/C18H22FN/c1-3-5-14-8-10-16(11-9-14)18(2,20)13-15-6-4-7-17(19)12-15/h4,6-12H,3,5,13,20H2,1-2H3. The molecule has 106 valence electrons. The average Bonchev–Trinajstić information content (AvgIpc) is 2.39. The van der Waals surface area contributed by atoms with Crippen LogP contribution in [0.25, 0.3) is 0 Å². The van der Waals surface area contributed by atoms with Crippen molar-refractivity contribution in [2.45, 2.75) is 38.6 Å². The van der Waals surface area contributed by atoms with Crippen LogP contribution in [0.2, 0.25) is 0 Å². The summed E-state index contributed by atoms with van der Waals surface area (Å²) in [5.41, 5.74) is 9.27. The minimum Gasteiger partial charge on any atom is -0.321 e. The summed E-state index contributed by atoms with van der Waals surface area (Å²) < 4.78 is 13.2. The summed E-state index contributed by atoms with van der Waals surface area (Å²) in [6.07, 6.45) is 2.85. The van der Waals surface area contributed by atoms with Crippen LogP contribution in [0.15, 0.2) is 48.5 Å². The van der Waals surface area contributed by atoms with Crippen LogP contribution in [0.5, 0.6) is 0 Å². The van der Waals surface area contributed by atoms with E-state index in [9.17, 15) is 4.39 Å². The Morgan fingerprint density at radius 1 is 1.05 bits per heavy atom. The average molecular weight is 271 g/mol. The zero-order valence-electron chi connectivity index (χ0n) is 12.2. The van der Waals surface area contributed by atoms with Crippen LogP contribution >= 0.6 is 0 Å². The Balaban J connectivity index is 2.16. The van der Waals surface area contributed by atoms with Gasteiger partial charge in [-0.25, -0.2) is 4.39 Å². The lowest BCUT2D eigenvalue weighted by Gasteiger charge is -2.25. The topological polar surface area (TPSA) is 26.0 Å². The lowest BCUT2D eigenvalue weighted by atomic mass is 9.86. The molecule has 1 atom stereocenters. The molecule has 1 unspecified atom stereocenters. The van der Waals surface area contributed by atoms with E-state index in [1.165, 1.54) is 11.6 Å². The Morgan fingerprint density at radius 3 is 2.35 bits per heavy atom. The van der Waals surface area contributed by atoms with Crippen LogP contribution in [0.3, 0.4) is 0 Å². The fourth-order valence-corrected chi connectivity index (χ4v) is 2.51. The van der Waals surface area contributed by atoms with E-state index in [2.05, 4.69) is 31.2 Å². The van der Waals surface area contributed by atoms with Gasteiger partial charge in [0.15, 0.2) is 0 Å². The summed E-state index contributed by atoms with van der Waals surface area (Å²) in [6.45, 7) is 4.16. The van der Waals surface area contributed by atoms with Gasteiger partial charge >= 0.3 is 0 Å². The predicted octanol–water partition coefficient (Wildman–Crippen LogP) is 4.19. The molecule has 0 fully saturated rings. The van der Waals surface area contributed by atoms with E-state index < -0.39 is 5.54 Å². The van der Waals surface area contributed by atoms with E-state index in [1.54, 1.807) is 12.1 Å². The van der Waals surface area contributed by atoms with E-state index >= 15 is 0 Å². The first kappa shape index (κ1) is 14.7. The number of nitrogens with two attached hydrogens (primary N) is 1. The van der Waals surface area contributed by atoms with Crippen molar-refractivity contribution >= 4 is 0 Å². The minimum atomic E-state index is -0.488. The van der Waals surface area contributed by atoms with Gasteiger partial charge in [-0.15, -0.1) is 0 Å². The first-order chi connectivity index (χ1) is 9.51. The van der Waals surface area contributed by atoms with Gasteiger partial charge in [-0.05, 0) is 48.6 Å². The number of hydrogen-bond donors (Lipinski definition) is 1. The van der Waals surface area contributed by atoms with Crippen LogP contribution in [-0.2, 0) is 18.4 Å². The van der Waals surface area contributed by atoms with Crippen LogP contribution < -0.4 is 5.73 Å². The van der Waals surface area contributed by atoms with Crippen LogP contribution in [-0.4, -0.2) is 0 Å². The Bertz CT molecular complexity index is 558. The number of benzene rings is 2. The lowest BCUT2D eigenvalue weighted by molar-refractivity contribution is 0.489. The van der Waals surface area contributed by atoms with Crippen molar-refractivity contribution in [3.63, 3.8) is 0 Å². The van der Waals surface area contributed by atoms with Crippen molar-refractivity contribution < 1.29 is 4.39 Å². The molecule has 0 bridgehead atoms. The van der Waals surface area contributed by atoms with Crippen molar-refractivity contribution in [2.75, 3.05) is 0 Å². The summed E-state index contributed by atoms with van der Waals surface area (Å²) in [4.78, 5) is 0. The van der Waals surface area contributed by atoms with Crippen LogP contribution in [0.1, 0.15) is 37.0 Å². The zero-order valence-corrected chi connectivity index (χ0v) is 12.2. The molecule has 0 aliphatic rings. The van der Waals surface area contributed by atoms with Crippen LogP contribution in [0, 0.1) is 5.82 Å². The van der Waals surface area contributed by atoms with Crippen molar-refractivity contribution in [3.8, 4) is 0 Å². The fourth-order valence-electron chi connectivity index (χ4n) is 2.51. The molecule has 20 heavy (non-hydrogen) atoms. The van der Waals surface area contributed by atoms with Crippen molar-refractivity contribution in [2.24, 2.45) is 5.73 Å². The third-order valence-electron chi connectivity index (χ3n) is 3.61. The minimum absolute atomic E-state index is 0.211. The molecule has 1 nitrogen and oxygen atoms in total. The number of aryl methyl sites for hydroxylation is 1. The SMILES string of the molecule is CCCc1ccc(C(C)(N)Cc2cccc(F)c2)cc1. The van der Waals surface area contributed by atoms with Gasteiger partial charge < -0.3 is 5.73 Å². The van der Waals surface area contributed by atoms with E-state index in [1.807, 2.05) is 13.0 Å². The third-order valence-corrected chi connectivity index (χ3v) is 3.61. The molecule has 0 spiro atoms. The Hall–Kier alpha value is -1.67. The molecule has 2 N–H and O–H groups in total. The maximum Gasteiger partial charge on any atom is 0.123 e. The Labute approximate surface area is 120 Å². The molecule has 2 rings (SSSR count). The quantitative estimate of drug-likeness (QED) is 0.866. The predicted molar refractivity (Wildman–Crippen MR) is 82.1 cm³/mol. The van der Waals surface area contributed by atoms with Crippen molar-refractivity contribution in [3.05, 3.63) is 71.0 Å². The molecule has 2 aromatic rings. The van der Waals surface area contributed by atoms with Crippen molar-refractivity contribution in [1.82, 2.24) is 0 Å². The normalized spacial score (nSPS) is 14.0. The molecule has 0 heterocycles. The third kappa shape index (κ3) is 3.67. The first-order valence-corrected chi connectivity index (χ1v) is 7.14. The summed E-state index contributed by atoms with van der Waals surface area (Å²) in [5, 5.41) is 0. The number of halogens is 1. The second-order valence-electron chi connectivity index (χ2n) is 5.67. The summed E-state index contributed by atoms with van der Waals surface area (Å²) in [6, 6.07) is 15.1. The summed E-state index contributed by atoms with van der Waals surface area (Å²) in [5.74, 6) is -0.211. The van der Waals surface area contributed by atoms with Gasteiger partial charge in [-0.3, -0.25) is 0 Å². The zero-order chi connectivity index (χ0) is 14.6. The largest absolute Gasteiger partial charge is 0.321 e. The van der Waals surface area contributed by atoms with Gasteiger partial charge in [0.1, 0.15) is 5.82 Å². The highest BCUT2D eigenvalue weighted by Crippen LogP contribution is 2.23. The molecule has 0 radical (unpaired) electrons. The molecule has 0 aromatic heterocycles. The summed E-state index contributed by atoms with van der Waals surface area (Å²) >= 11 is 0. The second kappa shape index (κ2) is 6.19. The van der Waals surface area contributed by atoms with Gasteiger partial charge in [0.2, 0.25) is 0 Å². The van der Waals surface area contributed by atoms with E-state index in [-0.39, 0.29) is 5.82 Å². The molecule has 2 heteroatoms. The molecular weight excluding hydrogens is 249 g/mol. The van der Waals surface area contributed by atoms with Crippen molar-refractivity contribution in [1.29, 1.82) is 0 Å². The maximum atomic E-state index is 13.2. The first-order valence-electron chi connectivity index (χ1n) is 7.14. The van der Waals surface area contributed by atoms with Gasteiger partial charge in [0, 0.05) is 5.54 Å².